The number of nitrogens with zero attached hydrogens (tertiary/aromatic N) is 1. The van der Waals surface area contributed by atoms with Gasteiger partial charge in [0.15, 0.2) is 0 Å². The van der Waals surface area contributed by atoms with Crippen LogP contribution in [-0.2, 0) is 14.3 Å². The summed E-state index contributed by atoms with van der Waals surface area (Å²) in [6, 6.07) is 16.9. The molecule has 184 valence electrons. The molecule has 0 radical (unpaired) electrons. The summed E-state index contributed by atoms with van der Waals surface area (Å²) in [6.07, 6.45) is 4.47. The maximum absolute atomic E-state index is 13.2. The molecule has 0 spiro atoms. The van der Waals surface area contributed by atoms with Crippen molar-refractivity contribution in [3.8, 4) is 0 Å². The molecule has 1 amide bonds. The van der Waals surface area contributed by atoms with E-state index in [2.05, 4.69) is 6.92 Å². The molecule has 7 heteroatoms. The monoisotopic (exact) mass is 505 g/mol. The highest BCUT2D eigenvalue weighted by Gasteiger charge is 2.40. The lowest BCUT2D eigenvalue weighted by atomic mass is 9.85. The van der Waals surface area contributed by atoms with Crippen LogP contribution in [0, 0.1) is 11.8 Å². The predicted molar refractivity (Wildman–Crippen MR) is 135 cm³/mol. The number of halogens is 2. The number of hydrogen-bond acceptors (Lipinski definition) is 3. The quantitative estimate of drug-likeness (QED) is 0.414. The predicted octanol–water partition coefficient (Wildman–Crippen LogP) is 6.64. The largest absolute Gasteiger partial charge is 0.481 e. The van der Waals surface area contributed by atoms with Gasteiger partial charge in [-0.05, 0) is 67.9 Å². The zero-order valence-corrected chi connectivity index (χ0v) is 21.0. The molecule has 0 bridgehead atoms. The summed E-state index contributed by atoms with van der Waals surface area (Å²) in [5.41, 5.74) is 1.04. The van der Waals surface area contributed by atoms with E-state index in [0.717, 1.165) is 30.0 Å². The van der Waals surface area contributed by atoms with Crippen molar-refractivity contribution in [2.45, 2.75) is 57.5 Å². The standard InChI is InChI=1S/C21H28ClNO4.C6H5Cl/c1-2-18(13-27-12-14-3-4-14)23-19(15-5-8-17(22)9-6-15)10-7-16(21(23)26)11-20(24)25;7-6-4-2-1-3-5-6/h5-6,8-9,14,16,18-19H,2-4,7,10-13H2,1H3,(H,24,25);1-5H/t16?,18?,19-;/m0./s1. The van der Waals surface area contributed by atoms with Gasteiger partial charge >= 0.3 is 5.97 Å². The van der Waals surface area contributed by atoms with Gasteiger partial charge in [-0.15, -0.1) is 0 Å². The lowest BCUT2D eigenvalue weighted by Gasteiger charge is -2.44. The van der Waals surface area contributed by atoms with E-state index in [1.807, 2.05) is 59.5 Å². The number of piperidine rings is 1. The molecule has 1 N–H and O–H groups in total. The fourth-order valence-electron chi connectivity index (χ4n) is 4.30. The normalized spacial score (nSPS) is 20.9. The van der Waals surface area contributed by atoms with Gasteiger partial charge in [-0.1, -0.05) is 60.5 Å². The number of carboxylic acid groups (broad SMARTS) is 1. The lowest BCUT2D eigenvalue weighted by molar-refractivity contribution is -0.152. The van der Waals surface area contributed by atoms with Crippen LogP contribution in [0.2, 0.25) is 10.0 Å². The summed E-state index contributed by atoms with van der Waals surface area (Å²) in [4.78, 5) is 26.3. The number of carbonyl (C=O) groups is 2. The lowest BCUT2D eigenvalue weighted by Crippen LogP contribution is -2.50. The van der Waals surface area contributed by atoms with Crippen molar-refractivity contribution >= 4 is 35.1 Å². The van der Waals surface area contributed by atoms with Gasteiger partial charge in [0.2, 0.25) is 5.91 Å². The van der Waals surface area contributed by atoms with Crippen LogP contribution in [0.5, 0.6) is 0 Å². The van der Waals surface area contributed by atoms with Gasteiger partial charge < -0.3 is 14.7 Å². The Morgan fingerprint density at radius 2 is 1.68 bits per heavy atom. The number of ether oxygens (including phenoxy) is 1. The fourth-order valence-corrected chi connectivity index (χ4v) is 4.57. The number of hydrogen-bond donors (Lipinski definition) is 1. The van der Waals surface area contributed by atoms with Crippen molar-refractivity contribution in [2.24, 2.45) is 11.8 Å². The molecule has 2 fully saturated rings. The maximum Gasteiger partial charge on any atom is 0.304 e. The van der Waals surface area contributed by atoms with E-state index in [0.29, 0.717) is 24.0 Å². The summed E-state index contributed by atoms with van der Waals surface area (Å²) in [5, 5.41) is 10.6. The molecular formula is C27H33Cl2NO4. The molecular weight excluding hydrogens is 473 g/mol. The zero-order valence-electron chi connectivity index (χ0n) is 19.5. The first kappa shape index (κ1) is 26.5. The van der Waals surface area contributed by atoms with Gasteiger partial charge in [0.05, 0.1) is 25.1 Å². The van der Waals surface area contributed by atoms with Gasteiger partial charge in [-0.2, -0.15) is 0 Å². The number of amides is 1. The Hall–Kier alpha value is -2.08. The minimum Gasteiger partial charge on any atom is -0.481 e. The van der Waals surface area contributed by atoms with E-state index in [1.54, 1.807) is 0 Å². The Morgan fingerprint density at radius 3 is 2.21 bits per heavy atom. The third-order valence-electron chi connectivity index (χ3n) is 6.36. The van der Waals surface area contributed by atoms with Crippen molar-refractivity contribution in [1.29, 1.82) is 0 Å². The van der Waals surface area contributed by atoms with Crippen LogP contribution in [0.3, 0.4) is 0 Å². The first-order chi connectivity index (χ1) is 16.4. The Labute approximate surface area is 212 Å². The second-order valence-electron chi connectivity index (χ2n) is 9.02. The average molecular weight is 506 g/mol. The molecule has 2 aromatic carbocycles. The van der Waals surface area contributed by atoms with Crippen LogP contribution in [-0.4, -0.2) is 41.1 Å². The van der Waals surface area contributed by atoms with Crippen molar-refractivity contribution in [2.75, 3.05) is 13.2 Å². The highest BCUT2D eigenvalue weighted by atomic mass is 35.5. The summed E-state index contributed by atoms with van der Waals surface area (Å²) >= 11 is 11.6. The number of rotatable bonds is 9. The van der Waals surface area contributed by atoms with E-state index in [4.69, 9.17) is 27.9 Å². The molecule has 1 saturated carbocycles. The third-order valence-corrected chi connectivity index (χ3v) is 6.87. The fraction of sp³-hybridized carbons (Fsp3) is 0.481. The van der Waals surface area contributed by atoms with Crippen molar-refractivity contribution < 1.29 is 19.4 Å². The first-order valence-corrected chi connectivity index (χ1v) is 12.7. The minimum absolute atomic E-state index is 0.0477. The van der Waals surface area contributed by atoms with E-state index >= 15 is 0 Å². The van der Waals surface area contributed by atoms with Crippen molar-refractivity contribution in [3.05, 3.63) is 70.2 Å². The van der Waals surface area contributed by atoms with Gasteiger partial charge in [-0.25, -0.2) is 0 Å². The molecule has 2 aliphatic rings. The van der Waals surface area contributed by atoms with Crippen molar-refractivity contribution in [1.82, 2.24) is 4.90 Å². The average Bonchev–Trinajstić information content (AvgIpc) is 3.64. The summed E-state index contributed by atoms with van der Waals surface area (Å²) in [7, 11) is 0. The van der Waals surface area contributed by atoms with Gasteiger partial charge in [0, 0.05) is 22.6 Å². The second-order valence-corrected chi connectivity index (χ2v) is 9.90. The van der Waals surface area contributed by atoms with Crippen LogP contribution in [0.1, 0.15) is 57.1 Å². The first-order valence-electron chi connectivity index (χ1n) is 12.0. The van der Waals surface area contributed by atoms with Gasteiger partial charge in [-0.3, -0.25) is 9.59 Å². The molecule has 2 unspecified atom stereocenters. The SMILES string of the molecule is CCC(COCC1CC1)N1C(=O)C(CC(=O)O)CC[C@H]1c1ccc(Cl)cc1.Clc1ccccc1. The Kier molecular flexibility index (Phi) is 10.2. The number of carboxylic acids is 1. The maximum atomic E-state index is 13.2. The van der Waals surface area contributed by atoms with Crippen LogP contribution >= 0.6 is 23.2 Å². The van der Waals surface area contributed by atoms with E-state index < -0.39 is 11.9 Å². The van der Waals surface area contributed by atoms with Crippen LogP contribution in [0.15, 0.2) is 54.6 Å². The van der Waals surface area contributed by atoms with E-state index in [-0.39, 0.29) is 24.4 Å². The van der Waals surface area contributed by atoms with Gasteiger partial charge in [0.1, 0.15) is 0 Å². The molecule has 1 aliphatic heterocycles. The number of aliphatic carboxylic acids is 1. The summed E-state index contributed by atoms with van der Waals surface area (Å²) < 4.78 is 5.90. The molecule has 34 heavy (non-hydrogen) atoms. The molecule has 3 atom stereocenters. The molecule has 2 aromatic rings. The number of likely N-dealkylation sites (tertiary alicyclic amines) is 1. The zero-order chi connectivity index (χ0) is 24.5. The molecule has 1 aliphatic carbocycles. The van der Waals surface area contributed by atoms with Gasteiger partial charge in [0.25, 0.3) is 0 Å². The van der Waals surface area contributed by atoms with Crippen molar-refractivity contribution in [3.63, 3.8) is 0 Å². The van der Waals surface area contributed by atoms with E-state index in [9.17, 15) is 14.7 Å². The van der Waals surface area contributed by atoms with E-state index in [1.165, 1.54) is 12.8 Å². The van der Waals surface area contributed by atoms with Crippen LogP contribution < -0.4 is 0 Å². The molecule has 1 saturated heterocycles. The Morgan fingerprint density at radius 1 is 1.03 bits per heavy atom. The smallest absolute Gasteiger partial charge is 0.304 e. The highest BCUT2D eigenvalue weighted by molar-refractivity contribution is 6.30. The topological polar surface area (TPSA) is 66.8 Å². The second kappa shape index (κ2) is 13.1. The Balaban J connectivity index is 0.000000396. The molecule has 4 rings (SSSR count). The minimum atomic E-state index is -0.920. The molecule has 1 heterocycles. The molecule has 5 nitrogen and oxygen atoms in total. The number of carbonyl (C=O) groups excluding carboxylic acids is 1. The highest BCUT2D eigenvalue weighted by Crippen LogP contribution is 2.38. The number of benzene rings is 2. The third kappa shape index (κ3) is 8.00. The Bertz CT molecular complexity index is 918. The summed E-state index contributed by atoms with van der Waals surface area (Å²) in [5.74, 6) is -0.767. The van der Waals surface area contributed by atoms with Crippen LogP contribution in [0.4, 0.5) is 0 Å². The molecule has 0 aromatic heterocycles. The summed E-state index contributed by atoms with van der Waals surface area (Å²) in [6.45, 7) is 3.31. The van der Waals surface area contributed by atoms with Crippen LogP contribution in [0.25, 0.3) is 0 Å².